The maximum Gasteiger partial charge on any atom is 0.241 e. The molecular formula is C14H20N2O. The van der Waals surface area contributed by atoms with Crippen molar-refractivity contribution in [1.29, 1.82) is 0 Å². The Bertz CT molecular complexity index is 416. The molecule has 1 saturated heterocycles. The topological polar surface area (TPSA) is 32.3 Å². The van der Waals surface area contributed by atoms with E-state index in [0.29, 0.717) is 0 Å². The number of carbonyl (C=O) groups excluding carboxylic acids is 1. The summed E-state index contributed by atoms with van der Waals surface area (Å²) in [5.41, 5.74) is 2.41. The van der Waals surface area contributed by atoms with Gasteiger partial charge in [0, 0.05) is 6.54 Å². The molecule has 17 heavy (non-hydrogen) atoms. The largest absolute Gasteiger partial charge is 0.322 e. The molecule has 0 bridgehead atoms. The van der Waals surface area contributed by atoms with Crippen LogP contribution in [0.15, 0.2) is 24.3 Å². The van der Waals surface area contributed by atoms with Crippen molar-refractivity contribution in [3.05, 3.63) is 35.4 Å². The summed E-state index contributed by atoms with van der Waals surface area (Å²) in [6.45, 7) is 6.90. The standard InChI is InChI=1S/C14H20N2O/c1-4-12-14(17)16(5-2)13(15-12)11-8-6-7-10(3)9-11/h6-9,12-13,15H,4-5H2,1-3H3. The van der Waals surface area contributed by atoms with Crippen molar-refractivity contribution in [2.75, 3.05) is 6.54 Å². The molecule has 1 aliphatic rings. The highest BCUT2D eigenvalue weighted by Gasteiger charge is 2.37. The highest BCUT2D eigenvalue weighted by Crippen LogP contribution is 2.26. The molecule has 0 aromatic heterocycles. The summed E-state index contributed by atoms with van der Waals surface area (Å²) in [7, 11) is 0. The predicted octanol–water partition coefficient (Wildman–Crippen LogP) is 2.22. The Balaban J connectivity index is 2.29. The van der Waals surface area contributed by atoms with Crippen LogP contribution in [0.5, 0.6) is 0 Å². The van der Waals surface area contributed by atoms with Gasteiger partial charge in [0.1, 0.15) is 6.17 Å². The van der Waals surface area contributed by atoms with E-state index in [1.807, 2.05) is 24.8 Å². The van der Waals surface area contributed by atoms with Crippen molar-refractivity contribution < 1.29 is 4.79 Å². The van der Waals surface area contributed by atoms with Gasteiger partial charge in [-0.3, -0.25) is 10.1 Å². The summed E-state index contributed by atoms with van der Waals surface area (Å²) >= 11 is 0. The molecule has 2 atom stereocenters. The summed E-state index contributed by atoms with van der Waals surface area (Å²) in [6.07, 6.45) is 0.884. The van der Waals surface area contributed by atoms with Gasteiger partial charge in [-0.05, 0) is 25.8 Å². The molecule has 1 aliphatic heterocycles. The van der Waals surface area contributed by atoms with Gasteiger partial charge in [-0.1, -0.05) is 36.8 Å². The van der Waals surface area contributed by atoms with E-state index in [4.69, 9.17) is 0 Å². The maximum absolute atomic E-state index is 12.1. The van der Waals surface area contributed by atoms with Crippen LogP contribution < -0.4 is 5.32 Å². The summed E-state index contributed by atoms with van der Waals surface area (Å²) in [6, 6.07) is 8.32. The van der Waals surface area contributed by atoms with Crippen LogP contribution in [0.1, 0.15) is 37.6 Å². The number of rotatable bonds is 3. The number of benzene rings is 1. The van der Waals surface area contributed by atoms with Gasteiger partial charge < -0.3 is 4.90 Å². The van der Waals surface area contributed by atoms with Crippen LogP contribution in [0.2, 0.25) is 0 Å². The van der Waals surface area contributed by atoms with E-state index in [-0.39, 0.29) is 18.1 Å². The number of hydrogen-bond acceptors (Lipinski definition) is 2. The molecule has 2 unspecified atom stereocenters. The molecule has 0 spiro atoms. The Kier molecular flexibility index (Phi) is 3.48. The van der Waals surface area contributed by atoms with Gasteiger partial charge >= 0.3 is 0 Å². The Morgan fingerprint density at radius 2 is 2.12 bits per heavy atom. The maximum atomic E-state index is 12.1. The van der Waals surface area contributed by atoms with Gasteiger partial charge in [0.25, 0.3) is 0 Å². The number of nitrogens with zero attached hydrogens (tertiary/aromatic N) is 1. The number of nitrogens with one attached hydrogen (secondary N) is 1. The minimum Gasteiger partial charge on any atom is -0.322 e. The Morgan fingerprint density at radius 1 is 1.35 bits per heavy atom. The van der Waals surface area contributed by atoms with Crippen LogP contribution >= 0.6 is 0 Å². The van der Waals surface area contributed by atoms with E-state index in [2.05, 4.69) is 30.4 Å². The molecule has 0 radical (unpaired) electrons. The van der Waals surface area contributed by atoms with E-state index < -0.39 is 0 Å². The zero-order chi connectivity index (χ0) is 12.4. The average Bonchev–Trinajstić information content (AvgIpc) is 2.65. The van der Waals surface area contributed by atoms with Crippen molar-refractivity contribution in [1.82, 2.24) is 10.2 Å². The first-order chi connectivity index (χ1) is 8.17. The molecule has 3 nitrogen and oxygen atoms in total. The molecule has 0 aliphatic carbocycles. The van der Waals surface area contributed by atoms with Crippen LogP contribution in [0.25, 0.3) is 0 Å². The van der Waals surface area contributed by atoms with E-state index >= 15 is 0 Å². The number of likely N-dealkylation sites (N-methyl/N-ethyl adjacent to an activating group) is 1. The van der Waals surface area contributed by atoms with Crippen LogP contribution in [-0.2, 0) is 4.79 Å². The first kappa shape index (κ1) is 12.1. The van der Waals surface area contributed by atoms with Crippen molar-refractivity contribution in [3.63, 3.8) is 0 Å². The van der Waals surface area contributed by atoms with Crippen LogP contribution in [0.4, 0.5) is 0 Å². The van der Waals surface area contributed by atoms with Gasteiger partial charge in [-0.2, -0.15) is 0 Å². The Labute approximate surface area is 103 Å². The Morgan fingerprint density at radius 3 is 2.71 bits per heavy atom. The number of aryl methyl sites for hydroxylation is 1. The summed E-state index contributed by atoms with van der Waals surface area (Å²) in [5, 5.41) is 3.41. The normalized spacial score (nSPS) is 24.4. The highest BCUT2D eigenvalue weighted by atomic mass is 16.2. The predicted molar refractivity (Wildman–Crippen MR) is 68.5 cm³/mol. The van der Waals surface area contributed by atoms with Gasteiger partial charge in [0.2, 0.25) is 5.91 Å². The highest BCUT2D eigenvalue weighted by molar-refractivity contribution is 5.84. The zero-order valence-corrected chi connectivity index (χ0v) is 10.7. The lowest BCUT2D eigenvalue weighted by molar-refractivity contribution is -0.129. The molecule has 2 rings (SSSR count). The summed E-state index contributed by atoms with van der Waals surface area (Å²) in [4.78, 5) is 14.0. The molecule has 1 aromatic rings. The van der Waals surface area contributed by atoms with Crippen LogP contribution in [0.3, 0.4) is 0 Å². The molecule has 1 heterocycles. The van der Waals surface area contributed by atoms with Crippen molar-refractivity contribution in [2.45, 2.75) is 39.4 Å². The summed E-state index contributed by atoms with van der Waals surface area (Å²) < 4.78 is 0. The fraction of sp³-hybridized carbons (Fsp3) is 0.500. The lowest BCUT2D eigenvalue weighted by Gasteiger charge is -2.23. The third kappa shape index (κ3) is 2.20. The third-order valence-corrected chi connectivity index (χ3v) is 3.36. The number of amides is 1. The lowest BCUT2D eigenvalue weighted by atomic mass is 10.1. The molecular weight excluding hydrogens is 212 g/mol. The second-order valence-corrected chi connectivity index (χ2v) is 4.57. The minimum atomic E-state index is -0.0273. The van der Waals surface area contributed by atoms with E-state index in [1.54, 1.807) is 0 Å². The second-order valence-electron chi connectivity index (χ2n) is 4.57. The smallest absolute Gasteiger partial charge is 0.241 e. The molecule has 1 aromatic carbocycles. The monoisotopic (exact) mass is 232 g/mol. The SMILES string of the molecule is CCC1NC(c2cccc(C)c2)N(CC)C1=O. The van der Waals surface area contributed by atoms with Crippen LogP contribution in [-0.4, -0.2) is 23.4 Å². The fourth-order valence-electron chi connectivity index (χ4n) is 2.43. The van der Waals surface area contributed by atoms with E-state index in [0.717, 1.165) is 13.0 Å². The van der Waals surface area contributed by atoms with Gasteiger partial charge in [0.05, 0.1) is 6.04 Å². The van der Waals surface area contributed by atoms with Gasteiger partial charge in [-0.15, -0.1) is 0 Å². The quantitative estimate of drug-likeness (QED) is 0.866. The van der Waals surface area contributed by atoms with E-state index in [9.17, 15) is 4.79 Å². The molecule has 1 amide bonds. The molecule has 3 heteroatoms. The number of hydrogen-bond donors (Lipinski definition) is 1. The average molecular weight is 232 g/mol. The Hall–Kier alpha value is -1.35. The van der Waals surface area contributed by atoms with Crippen molar-refractivity contribution >= 4 is 5.91 Å². The van der Waals surface area contributed by atoms with Gasteiger partial charge in [-0.25, -0.2) is 0 Å². The van der Waals surface area contributed by atoms with E-state index in [1.165, 1.54) is 11.1 Å². The minimum absolute atomic E-state index is 0.0273. The summed E-state index contributed by atoms with van der Waals surface area (Å²) in [5.74, 6) is 0.224. The first-order valence-electron chi connectivity index (χ1n) is 6.30. The molecule has 1 fully saturated rings. The van der Waals surface area contributed by atoms with Crippen molar-refractivity contribution in [2.24, 2.45) is 0 Å². The molecule has 0 saturated carbocycles. The first-order valence-corrected chi connectivity index (χ1v) is 6.30. The van der Waals surface area contributed by atoms with Crippen LogP contribution in [0, 0.1) is 6.92 Å². The fourth-order valence-corrected chi connectivity index (χ4v) is 2.43. The van der Waals surface area contributed by atoms with Crippen molar-refractivity contribution in [3.8, 4) is 0 Å². The van der Waals surface area contributed by atoms with Gasteiger partial charge in [0.15, 0.2) is 0 Å². The second kappa shape index (κ2) is 4.88. The lowest BCUT2D eigenvalue weighted by Crippen LogP contribution is -2.30. The molecule has 92 valence electrons. The number of carbonyl (C=O) groups is 1. The third-order valence-electron chi connectivity index (χ3n) is 3.36. The molecule has 1 N–H and O–H groups in total. The zero-order valence-electron chi connectivity index (χ0n) is 10.7.